The predicted octanol–water partition coefficient (Wildman–Crippen LogP) is 19.7. The van der Waals surface area contributed by atoms with Gasteiger partial charge in [-0.15, -0.1) is 0 Å². The topological polar surface area (TPSA) is 108 Å². The number of likely N-dealkylation sites (N-methyl/N-ethyl adjacent to an activating group) is 1. The molecule has 0 aromatic rings. The van der Waals surface area contributed by atoms with Crippen LogP contribution in [-0.4, -0.2) is 74.9 Å². The largest absolute Gasteiger partial charge is 0.472 e. The van der Waals surface area contributed by atoms with E-state index in [1.54, 1.807) is 0 Å². The van der Waals surface area contributed by atoms with Gasteiger partial charge < -0.3 is 18.9 Å². The quantitative estimate of drug-likeness (QED) is 0.0211. The van der Waals surface area contributed by atoms with E-state index >= 15 is 0 Å². The Hall–Kier alpha value is -3.85. The van der Waals surface area contributed by atoms with E-state index in [0.29, 0.717) is 17.4 Å². The van der Waals surface area contributed by atoms with E-state index in [1.165, 1.54) is 109 Å². The Morgan fingerprint density at radius 3 is 1.08 bits per heavy atom. The Morgan fingerprint density at radius 2 is 0.718 bits per heavy atom. The van der Waals surface area contributed by atoms with Crippen LogP contribution in [-0.2, 0) is 32.7 Å². The van der Waals surface area contributed by atoms with Crippen LogP contribution in [0.15, 0.2) is 134 Å². The number of ether oxygens (including phenoxy) is 2. The van der Waals surface area contributed by atoms with Crippen LogP contribution < -0.4 is 0 Å². The average Bonchev–Trinajstić information content (AvgIpc) is 3.41. The number of hydrogen-bond acceptors (Lipinski definition) is 7. The zero-order chi connectivity index (χ0) is 57.0. The van der Waals surface area contributed by atoms with Crippen molar-refractivity contribution in [3.63, 3.8) is 0 Å². The van der Waals surface area contributed by atoms with E-state index in [0.717, 1.165) is 89.9 Å². The molecule has 0 rings (SSSR count). The number of phosphoric acid groups is 1. The van der Waals surface area contributed by atoms with Crippen molar-refractivity contribution in [1.82, 2.24) is 0 Å². The fourth-order valence-corrected chi connectivity index (χ4v) is 8.75. The monoisotopic (exact) mass is 1100 g/mol. The van der Waals surface area contributed by atoms with E-state index in [2.05, 4.69) is 135 Å². The first-order chi connectivity index (χ1) is 38.0. The molecular weight excluding hydrogens is 990 g/mol. The van der Waals surface area contributed by atoms with E-state index in [1.807, 2.05) is 33.3 Å². The Balaban J connectivity index is 4.10. The van der Waals surface area contributed by atoms with Crippen LogP contribution >= 0.6 is 7.82 Å². The first-order valence-electron chi connectivity index (χ1n) is 30.9. The Labute approximate surface area is 479 Å². The third-order valence-electron chi connectivity index (χ3n) is 12.7. The standard InChI is InChI=1S/C68H114NO8P/c1-6-8-10-12-14-16-18-20-22-24-26-27-28-29-30-31-32-33-34-35-36-37-38-39-40-41-43-44-46-48-50-52-54-56-58-60-67(70)74-64-66(65-76-78(72,73)75-63-62-69(3,4)5)77-68(71)61-59-57-55-53-51-49-47-45-42-25-23-21-19-17-15-13-11-9-7-2/h8-11,14-17,20-23,26-27,29-30,42,45,49,51,55,57,66H,6-7,12-13,18-19,24-25,28,31-41,43-44,46-48,50,52-54,56,58-65H2,1-5H3/p+1/b10-8-,11-9-,16-14-,17-15-,22-20-,23-21-,27-26-,30-29-,45-42-,51-49-,57-55-. The van der Waals surface area contributed by atoms with Gasteiger partial charge >= 0.3 is 19.8 Å². The van der Waals surface area contributed by atoms with Crippen LogP contribution in [0.5, 0.6) is 0 Å². The third-order valence-corrected chi connectivity index (χ3v) is 13.7. The number of quaternary nitrogens is 1. The lowest BCUT2D eigenvalue weighted by Gasteiger charge is -2.24. The van der Waals surface area contributed by atoms with Crippen LogP contribution in [0.3, 0.4) is 0 Å². The Morgan fingerprint density at radius 1 is 0.397 bits per heavy atom. The predicted molar refractivity (Wildman–Crippen MR) is 334 cm³/mol. The first-order valence-corrected chi connectivity index (χ1v) is 32.4. The molecular formula is C68H115NO8P+. The summed E-state index contributed by atoms with van der Waals surface area (Å²) >= 11 is 0. The number of phosphoric ester groups is 1. The van der Waals surface area contributed by atoms with Gasteiger partial charge in [-0.3, -0.25) is 18.6 Å². The summed E-state index contributed by atoms with van der Waals surface area (Å²) in [5.74, 6) is -0.898. The van der Waals surface area contributed by atoms with Crippen molar-refractivity contribution in [3.8, 4) is 0 Å². The van der Waals surface area contributed by atoms with E-state index in [-0.39, 0.29) is 32.0 Å². The molecule has 10 heteroatoms. The second-order valence-corrected chi connectivity index (χ2v) is 22.8. The average molecular weight is 1110 g/mol. The molecule has 1 N–H and O–H groups in total. The highest BCUT2D eigenvalue weighted by molar-refractivity contribution is 7.47. The lowest BCUT2D eigenvalue weighted by atomic mass is 10.0. The molecule has 0 saturated heterocycles. The third kappa shape index (κ3) is 61.4. The van der Waals surface area contributed by atoms with Gasteiger partial charge in [-0.05, 0) is 96.3 Å². The van der Waals surface area contributed by atoms with Crippen molar-refractivity contribution in [2.75, 3.05) is 47.5 Å². The van der Waals surface area contributed by atoms with Gasteiger partial charge in [-0.1, -0.05) is 257 Å². The molecule has 0 spiro atoms. The molecule has 444 valence electrons. The number of carbonyl (C=O) groups is 2. The maximum atomic E-state index is 12.8. The fraction of sp³-hybridized carbons (Fsp3) is 0.647. The van der Waals surface area contributed by atoms with Crippen LogP contribution in [0.25, 0.3) is 0 Å². The number of unbranched alkanes of at least 4 members (excludes halogenated alkanes) is 19. The summed E-state index contributed by atoms with van der Waals surface area (Å²) in [6.07, 6.45) is 84.2. The van der Waals surface area contributed by atoms with Crippen molar-refractivity contribution in [1.29, 1.82) is 0 Å². The van der Waals surface area contributed by atoms with Gasteiger partial charge in [0.25, 0.3) is 0 Å². The fourth-order valence-electron chi connectivity index (χ4n) is 8.01. The summed E-state index contributed by atoms with van der Waals surface area (Å²) in [6, 6.07) is 0. The Kier molecular flexibility index (Phi) is 55.0. The van der Waals surface area contributed by atoms with Gasteiger partial charge in [0.05, 0.1) is 27.7 Å². The molecule has 0 heterocycles. The van der Waals surface area contributed by atoms with Gasteiger partial charge in [-0.25, -0.2) is 4.57 Å². The molecule has 0 aromatic carbocycles. The van der Waals surface area contributed by atoms with E-state index in [4.69, 9.17) is 18.5 Å². The van der Waals surface area contributed by atoms with Crippen molar-refractivity contribution >= 4 is 19.8 Å². The molecule has 0 radical (unpaired) electrons. The van der Waals surface area contributed by atoms with Crippen molar-refractivity contribution in [3.05, 3.63) is 134 Å². The normalized spacial score (nSPS) is 14.2. The van der Waals surface area contributed by atoms with Crippen LogP contribution in [0.2, 0.25) is 0 Å². The number of carbonyl (C=O) groups excluding carboxylic acids is 2. The molecule has 78 heavy (non-hydrogen) atoms. The molecule has 0 amide bonds. The summed E-state index contributed by atoms with van der Waals surface area (Å²) in [7, 11) is 1.42. The lowest BCUT2D eigenvalue weighted by Crippen LogP contribution is -2.37. The van der Waals surface area contributed by atoms with Gasteiger partial charge in [0.15, 0.2) is 6.10 Å². The number of allylic oxidation sites excluding steroid dienone is 22. The molecule has 0 aliphatic heterocycles. The molecule has 2 atom stereocenters. The smallest absolute Gasteiger partial charge is 0.462 e. The second kappa shape index (κ2) is 57.8. The molecule has 0 aromatic heterocycles. The molecule has 0 saturated carbocycles. The van der Waals surface area contributed by atoms with Gasteiger partial charge in [0.1, 0.15) is 19.8 Å². The van der Waals surface area contributed by atoms with E-state index in [9.17, 15) is 19.0 Å². The minimum Gasteiger partial charge on any atom is -0.462 e. The van der Waals surface area contributed by atoms with Gasteiger partial charge in [-0.2, -0.15) is 0 Å². The van der Waals surface area contributed by atoms with Crippen molar-refractivity contribution < 1.29 is 42.1 Å². The zero-order valence-electron chi connectivity index (χ0n) is 50.3. The maximum absolute atomic E-state index is 12.8. The zero-order valence-corrected chi connectivity index (χ0v) is 51.2. The SMILES string of the molecule is CC/C=C\C/C=C\C/C=C\C/C=C\C/C=C\C/C=C\CCC(=O)OC(COC(=O)CCCCCCCCCCCCCCCCCCCCC/C=C\C/C=C\C/C=C\C/C=C\C/C=C\CC)COP(=O)(O)OCC[N+](C)(C)C. The molecule has 0 aliphatic rings. The summed E-state index contributed by atoms with van der Waals surface area (Å²) < 4.78 is 34.5. The summed E-state index contributed by atoms with van der Waals surface area (Å²) in [6.45, 7) is 4.11. The first kappa shape index (κ1) is 74.2. The van der Waals surface area contributed by atoms with Crippen LogP contribution in [0.1, 0.15) is 232 Å². The number of rotatable bonds is 55. The van der Waals surface area contributed by atoms with Crippen LogP contribution in [0, 0.1) is 0 Å². The number of nitrogens with zero attached hydrogens (tertiary/aromatic N) is 1. The van der Waals surface area contributed by atoms with Crippen LogP contribution in [0.4, 0.5) is 0 Å². The number of hydrogen-bond donors (Lipinski definition) is 1. The summed E-state index contributed by atoms with van der Waals surface area (Å²) in [4.78, 5) is 35.7. The minimum atomic E-state index is -4.41. The van der Waals surface area contributed by atoms with Gasteiger partial charge in [0, 0.05) is 12.8 Å². The highest BCUT2D eigenvalue weighted by atomic mass is 31.2. The summed E-state index contributed by atoms with van der Waals surface area (Å²) in [5, 5.41) is 0. The Bertz CT molecular complexity index is 1780. The van der Waals surface area contributed by atoms with Crippen molar-refractivity contribution in [2.24, 2.45) is 0 Å². The molecule has 2 unspecified atom stereocenters. The molecule has 0 aliphatic carbocycles. The second-order valence-electron chi connectivity index (χ2n) is 21.3. The molecule has 0 fully saturated rings. The highest BCUT2D eigenvalue weighted by Crippen LogP contribution is 2.43. The summed E-state index contributed by atoms with van der Waals surface area (Å²) in [5.41, 5.74) is 0. The van der Waals surface area contributed by atoms with E-state index < -0.39 is 26.5 Å². The van der Waals surface area contributed by atoms with Crippen molar-refractivity contribution in [2.45, 2.75) is 238 Å². The lowest BCUT2D eigenvalue weighted by molar-refractivity contribution is -0.870. The number of esters is 2. The maximum Gasteiger partial charge on any atom is 0.472 e. The minimum absolute atomic E-state index is 0.0126. The molecule has 0 bridgehead atoms. The van der Waals surface area contributed by atoms with Gasteiger partial charge in [0.2, 0.25) is 0 Å². The highest BCUT2D eigenvalue weighted by Gasteiger charge is 2.27. The molecule has 9 nitrogen and oxygen atoms in total.